The molecule has 0 aliphatic rings. The van der Waals surface area contributed by atoms with Gasteiger partial charge in [0.15, 0.2) is 0 Å². The zero-order chi connectivity index (χ0) is 14.1. The average Bonchev–Trinajstić information content (AvgIpc) is 2.74. The average molecular weight is 351 g/mol. The summed E-state index contributed by atoms with van der Waals surface area (Å²) >= 11 is 9.64. The van der Waals surface area contributed by atoms with E-state index in [0.717, 1.165) is 39.1 Å². The normalized spacial score (nSPS) is 11.1. The zero-order valence-electron chi connectivity index (χ0n) is 10.7. The lowest BCUT2D eigenvalue weighted by molar-refractivity contribution is 0.908. The minimum atomic E-state index is 0.696. The summed E-state index contributed by atoms with van der Waals surface area (Å²) in [7, 11) is 0. The predicted molar refractivity (Wildman–Crippen MR) is 86.2 cm³/mol. The molecule has 20 heavy (non-hydrogen) atoms. The standard InChI is InChI=1S/C15H13BrClN3/c16-11-9-14-13(19-7-8-20(14)15(11)18)6-5-10-3-1-2-4-12(10)17/h1-4,7-9H,5-6,18H2. The predicted octanol–water partition coefficient (Wildman–Crippen LogP) is 4.12. The fraction of sp³-hybridized carbons (Fsp3) is 0.133. The Hall–Kier alpha value is -1.52. The van der Waals surface area contributed by atoms with Crippen LogP contribution in [-0.2, 0) is 12.8 Å². The van der Waals surface area contributed by atoms with E-state index in [2.05, 4.69) is 20.9 Å². The smallest absolute Gasteiger partial charge is 0.122 e. The summed E-state index contributed by atoms with van der Waals surface area (Å²) < 4.78 is 2.84. The van der Waals surface area contributed by atoms with Crippen molar-refractivity contribution in [2.24, 2.45) is 0 Å². The molecular weight excluding hydrogens is 338 g/mol. The molecule has 0 bridgehead atoms. The number of hydrogen-bond acceptors (Lipinski definition) is 2. The summed E-state index contributed by atoms with van der Waals surface area (Å²) in [5.74, 6) is 0.696. The number of aryl methyl sites for hydroxylation is 2. The van der Waals surface area contributed by atoms with Crippen LogP contribution in [-0.4, -0.2) is 9.38 Å². The number of benzene rings is 1. The Morgan fingerprint density at radius 1 is 1.25 bits per heavy atom. The van der Waals surface area contributed by atoms with E-state index in [1.165, 1.54) is 0 Å². The zero-order valence-corrected chi connectivity index (χ0v) is 13.0. The van der Waals surface area contributed by atoms with Crippen LogP contribution in [0, 0.1) is 0 Å². The minimum Gasteiger partial charge on any atom is -0.384 e. The first-order valence-corrected chi connectivity index (χ1v) is 7.47. The molecular formula is C15H13BrClN3. The molecule has 102 valence electrons. The van der Waals surface area contributed by atoms with E-state index < -0.39 is 0 Å². The molecule has 2 aromatic heterocycles. The van der Waals surface area contributed by atoms with Gasteiger partial charge in [-0.25, -0.2) is 0 Å². The summed E-state index contributed by atoms with van der Waals surface area (Å²) in [6.45, 7) is 0. The third-order valence-corrected chi connectivity index (χ3v) is 4.36. The van der Waals surface area contributed by atoms with Crippen molar-refractivity contribution in [3.05, 3.63) is 63.5 Å². The van der Waals surface area contributed by atoms with E-state index in [9.17, 15) is 0 Å². The van der Waals surface area contributed by atoms with Gasteiger partial charge in [-0.1, -0.05) is 29.8 Å². The maximum absolute atomic E-state index is 6.18. The lowest BCUT2D eigenvalue weighted by atomic mass is 10.1. The summed E-state index contributed by atoms with van der Waals surface area (Å²) in [4.78, 5) is 4.47. The molecule has 3 nitrogen and oxygen atoms in total. The van der Waals surface area contributed by atoms with Crippen LogP contribution in [0.3, 0.4) is 0 Å². The molecule has 2 heterocycles. The van der Waals surface area contributed by atoms with Crippen LogP contribution >= 0.6 is 27.5 Å². The molecule has 0 aliphatic carbocycles. The Morgan fingerprint density at radius 2 is 2.05 bits per heavy atom. The highest BCUT2D eigenvalue weighted by atomic mass is 79.9. The van der Waals surface area contributed by atoms with Gasteiger partial charge in [-0.2, -0.15) is 0 Å². The topological polar surface area (TPSA) is 43.3 Å². The molecule has 0 unspecified atom stereocenters. The summed E-state index contributed by atoms with van der Waals surface area (Å²) in [5.41, 5.74) is 9.19. The Kier molecular flexibility index (Phi) is 3.68. The second-order valence-corrected chi connectivity index (χ2v) is 5.86. The van der Waals surface area contributed by atoms with Crippen LogP contribution in [0.1, 0.15) is 11.3 Å². The molecule has 0 amide bonds. The highest BCUT2D eigenvalue weighted by Crippen LogP contribution is 2.26. The van der Waals surface area contributed by atoms with Crippen molar-refractivity contribution in [3.8, 4) is 0 Å². The number of anilines is 1. The van der Waals surface area contributed by atoms with Crippen molar-refractivity contribution in [1.82, 2.24) is 9.38 Å². The van der Waals surface area contributed by atoms with Crippen LogP contribution in [0.5, 0.6) is 0 Å². The third kappa shape index (κ3) is 2.41. The van der Waals surface area contributed by atoms with Gasteiger partial charge in [0.2, 0.25) is 0 Å². The van der Waals surface area contributed by atoms with Gasteiger partial charge in [0.05, 0.1) is 15.7 Å². The molecule has 0 fully saturated rings. The molecule has 5 heteroatoms. The number of aromatic nitrogens is 2. The van der Waals surface area contributed by atoms with E-state index in [0.29, 0.717) is 5.82 Å². The Bertz CT molecular complexity index is 767. The van der Waals surface area contributed by atoms with Crippen molar-refractivity contribution in [3.63, 3.8) is 0 Å². The molecule has 0 radical (unpaired) electrons. The lowest BCUT2D eigenvalue weighted by Gasteiger charge is -2.06. The van der Waals surface area contributed by atoms with Gasteiger partial charge >= 0.3 is 0 Å². The molecule has 3 aromatic rings. The second kappa shape index (κ2) is 5.46. The van der Waals surface area contributed by atoms with E-state index in [4.69, 9.17) is 17.3 Å². The first-order valence-electron chi connectivity index (χ1n) is 6.30. The molecule has 3 rings (SSSR count). The quantitative estimate of drug-likeness (QED) is 0.772. The van der Waals surface area contributed by atoms with Gasteiger partial charge in [-0.3, -0.25) is 9.38 Å². The number of hydrogen-bond donors (Lipinski definition) is 1. The fourth-order valence-electron chi connectivity index (χ4n) is 2.29. The van der Waals surface area contributed by atoms with Gasteiger partial charge in [0.1, 0.15) is 5.82 Å². The highest BCUT2D eigenvalue weighted by Gasteiger charge is 2.10. The minimum absolute atomic E-state index is 0.696. The van der Waals surface area contributed by atoms with Crippen LogP contribution in [0.25, 0.3) is 5.52 Å². The van der Waals surface area contributed by atoms with Crippen LogP contribution in [0.4, 0.5) is 5.82 Å². The third-order valence-electron chi connectivity index (χ3n) is 3.36. The number of halogens is 2. The Morgan fingerprint density at radius 3 is 2.85 bits per heavy atom. The number of nitrogen functional groups attached to an aromatic ring is 1. The number of rotatable bonds is 3. The molecule has 2 N–H and O–H groups in total. The molecule has 0 aliphatic heterocycles. The van der Waals surface area contributed by atoms with E-state index in [-0.39, 0.29) is 0 Å². The first-order chi connectivity index (χ1) is 9.66. The molecule has 0 saturated carbocycles. The summed E-state index contributed by atoms with van der Waals surface area (Å²) in [6, 6.07) is 9.91. The largest absolute Gasteiger partial charge is 0.384 e. The summed E-state index contributed by atoms with van der Waals surface area (Å²) in [5, 5.41) is 0.801. The highest BCUT2D eigenvalue weighted by molar-refractivity contribution is 9.10. The van der Waals surface area contributed by atoms with E-state index >= 15 is 0 Å². The van der Waals surface area contributed by atoms with Crippen molar-refractivity contribution in [1.29, 1.82) is 0 Å². The number of fused-ring (bicyclic) bond motifs is 1. The van der Waals surface area contributed by atoms with Gasteiger partial charge in [0, 0.05) is 17.4 Å². The van der Waals surface area contributed by atoms with Gasteiger partial charge in [-0.15, -0.1) is 0 Å². The van der Waals surface area contributed by atoms with Crippen LogP contribution in [0.15, 0.2) is 47.2 Å². The number of nitrogens with zero attached hydrogens (tertiary/aromatic N) is 2. The van der Waals surface area contributed by atoms with Crippen molar-refractivity contribution >= 4 is 38.9 Å². The van der Waals surface area contributed by atoms with E-state index in [1.54, 1.807) is 6.20 Å². The molecule has 0 saturated heterocycles. The van der Waals surface area contributed by atoms with Crippen molar-refractivity contribution < 1.29 is 0 Å². The van der Waals surface area contributed by atoms with Gasteiger partial charge in [0.25, 0.3) is 0 Å². The van der Waals surface area contributed by atoms with E-state index in [1.807, 2.05) is 40.9 Å². The first kappa shape index (κ1) is 13.5. The maximum Gasteiger partial charge on any atom is 0.122 e. The van der Waals surface area contributed by atoms with Gasteiger partial charge < -0.3 is 5.73 Å². The van der Waals surface area contributed by atoms with Gasteiger partial charge in [-0.05, 0) is 46.5 Å². The molecule has 0 atom stereocenters. The number of nitrogens with two attached hydrogens (primary N) is 1. The van der Waals surface area contributed by atoms with Crippen molar-refractivity contribution in [2.45, 2.75) is 12.8 Å². The second-order valence-electron chi connectivity index (χ2n) is 4.60. The van der Waals surface area contributed by atoms with Crippen LogP contribution < -0.4 is 5.73 Å². The fourth-order valence-corrected chi connectivity index (χ4v) is 2.93. The Balaban J connectivity index is 1.92. The SMILES string of the molecule is Nc1c(Br)cc2c(CCc3ccccc3Cl)nccn12. The molecule has 1 aromatic carbocycles. The monoisotopic (exact) mass is 349 g/mol. The lowest BCUT2D eigenvalue weighted by Crippen LogP contribution is -2.00. The molecule has 0 spiro atoms. The van der Waals surface area contributed by atoms with Crippen LogP contribution in [0.2, 0.25) is 5.02 Å². The maximum atomic E-state index is 6.18. The van der Waals surface area contributed by atoms with Crippen molar-refractivity contribution in [2.75, 3.05) is 5.73 Å². The Labute approximate surface area is 130 Å². The summed E-state index contributed by atoms with van der Waals surface area (Å²) in [6.07, 6.45) is 5.32.